The van der Waals surface area contributed by atoms with Crippen molar-refractivity contribution >= 4 is 5.97 Å². The fourth-order valence-electron chi connectivity index (χ4n) is 1.66. The molecule has 0 aliphatic carbocycles. The molecule has 0 aromatic heterocycles. The number of aliphatic hydroxyl groups is 1. The van der Waals surface area contributed by atoms with Crippen LogP contribution in [-0.2, 0) is 14.3 Å². The zero-order valence-corrected chi connectivity index (χ0v) is 10.3. The van der Waals surface area contributed by atoms with Gasteiger partial charge in [0.25, 0.3) is 0 Å². The molecule has 1 aliphatic rings. The molecule has 0 saturated carbocycles. The first-order valence-corrected chi connectivity index (χ1v) is 5.48. The molecule has 2 atom stereocenters. The van der Waals surface area contributed by atoms with Crippen LogP contribution < -0.4 is 0 Å². The first kappa shape index (κ1) is 13.2. The van der Waals surface area contributed by atoms with Crippen LogP contribution in [0.25, 0.3) is 0 Å². The summed E-state index contributed by atoms with van der Waals surface area (Å²) in [6.45, 7) is 7.46. The van der Waals surface area contributed by atoms with Gasteiger partial charge in [0.15, 0.2) is 0 Å². The summed E-state index contributed by atoms with van der Waals surface area (Å²) in [4.78, 5) is 10.5. The Morgan fingerprint density at radius 1 is 1.56 bits per heavy atom. The molecule has 1 aliphatic heterocycles. The average Bonchev–Trinajstić information content (AvgIpc) is 2.74. The normalized spacial score (nSPS) is 25.1. The minimum atomic E-state index is -0.483. The van der Waals surface area contributed by atoms with Crippen molar-refractivity contribution in [2.24, 2.45) is 0 Å². The first-order chi connectivity index (χ1) is 7.33. The van der Waals surface area contributed by atoms with Gasteiger partial charge in [0.1, 0.15) is 12.7 Å². The predicted molar refractivity (Wildman–Crippen MR) is 60.0 cm³/mol. The molecular weight excluding hydrogens is 208 g/mol. The van der Waals surface area contributed by atoms with Crippen LogP contribution >= 0.6 is 0 Å². The van der Waals surface area contributed by atoms with E-state index in [1.54, 1.807) is 6.08 Å². The standard InChI is InChI=1S/C12H20O4/c1-8(5-6-15-9(2)13)7-10(14)11-12(3,4)16-11/h5,10-11,14H,6-7H2,1-4H3/b8-5+/t10-,11+/m0/s1. The molecule has 1 rings (SSSR count). The number of rotatable bonds is 5. The number of aliphatic hydroxyl groups excluding tert-OH is 1. The predicted octanol–water partition coefficient (Wildman–Crippen LogP) is 1.42. The first-order valence-electron chi connectivity index (χ1n) is 5.48. The Balaban J connectivity index is 2.28. The molecule has 1 heterocycles. The number of hydrogen-bond donors (Lipinski definition) is 1. The fourth-order valence-corrected chi connectivity index (χ4v) is 1.66. The Morgan fingerprint density at radius 2 is 2.12 bits per heavy atom. The van der Waals surface area contributed by atoms with E-state index < -0.39 is 6.10 Å². The Morgan fingerprint density at radius 3 is 2.56 bits per heavy atom. The minimum Gasteiger partial charge on any atom is -0.462 e. The molecule has 16 heavy (non-hydrogen) atoms. The molecule has 0 amide bonds. The maximum absolute atomic E-state index is 10.5. The van der Waals surface area contributed by atoms with Gasteiger partial charge in [-0.3, -0.25) is 4.79 Å². The van der Waals surface area contributed by atoms with E-state index in [9.17, 15) is 9.90 Å². The van der Waals surface area contributed by atoms with Crippen molar-refractivity contribution < 1.29 is 19.4 Å². The summed E-state index contributed by atoms with van der Waals surface area (Å²) in [7, 11) is 0. The van der Waals surface area contributed by atoms with Crippen LogP contribution in [-0.4, -0.2) is 35.5 Å². The van der Waals surface area contributed by atoms with Crippen LogP contribution in [0.2, 0.25) is 0 Å². The second kappa shape index (κ2) is 4.97. The molecular formula is C12H20O4. The molecule has 1 saturated heterocycles. The van der Waals surface area contributed by atoms with Crippen LogP contribution in [0.15, 0.2) is 11.6 Å². The summed E-state index contributed by atoms with van der Waals surface area (Å²) in [6, 6.07) is 0. The molecule has 0 aromatic rings. The maximum Gasteiger partial charge on any atom is 0.302 e. The van der Waals surface area contributed by atoms with Crippen molar-refractivity contribution in [2.75, 3.05) is 6.61 Å². The number of epoxide rings is 1. The van der Waals surface area contributed by atoms with Crippen molar-refractivity contribution in [1.82, 2.24) is 0 Å². The number of carbonyl (C=O) groups excluding carboxylic acids is 1. The summed E-state index contributed by atoms with van der Waals surface area (Å²) in [6.07, 6.45) is 1.79. The second-order valence-electron chi connectivity index (χ2n) is 4.77. The summed E-state index contributed by atoms with van der Waals surface area (Å²) in [5, 5.41) is 9.83. The Labute approximate surface area is 96.2 Å². The van der Waals surface area contributed by atoms with E-state index in [2.05, 4.69) is 0 Å². The van der Waals surface area contributed by atoms with Crippen molar-refractivity contribution in [3.8, 4) is 0 Å². The van der Waals surface area contributed by atoms with E-state index in [1.807, 2.05) is 20.8 Å². The van der Waals surface area contributed by atoms with Crippen molar-refractivity contribution in [3.63, 3.8) is 0 Å². The lowest BCUT2D eigenvalue weighted by atomic mass is 10.0. The number of ether oxygens (including phenoxy) is 2. The quantitative estimate of drug-likeness (QED) is 0.439. The maximum atomic E-state index is 10.5. The van der Waals surface area contributed by atoms with Gasteiger partial charge >= 0.3 is 5.97 Å². The molecule has 4 heteroatoms. The highest BCUT2D eigenvalue weighted by Gasteiger charge is 2.51. The van der Waals surface area contributed by atoms with Gasteiger partial charge in [-0.15, -0.1) is 0 Å². The van der Waals surface area contributed by atoms with Crippen LogP contribution in [0.3, 0.4) is 0 Å². The van der Waals surface area contributed by atoms with E-state index in [0.717, 1.165) is 5.57 Å². The van der Waals surface area contributed by atoms with E-state index in [4.69, 9.17) is 9.47 Å². The lowest BCUT2D eigenvalue weighted by Crippen LogP contribution is -2.20. The fraction of sp³-hybridized carbons (Fsp3) is 0.750. The lowest BCUT2D eigenvalue weighted by Gasteiger charge is -2.09. The average molecular weight is 228 g/mol. The van der Waals surface area contributed by atoms with Gasteiger partial charge in [-0.25, -0.2) is 0 Å². The minimum absolute atomic E-state index is 0.0791. The molecule has 0 radical (unpaired) electrons. The third kappa shape index (κ3) is 3.94. The second-order valence-corrected chi connectivity index (χ2v) is 4.77. The summed E-state index contributed by atoms with van der Waals surface area (Å²) < 4.78 is 10.1. The topological polar surface area (TPSA) is 59.1 Å². The van der Waals surface area contributed by atoms with Gasteiger partial charge in [0, 0.05) is 6.92 Å². The monoisotopic (exact) mass is 228 g/mol. The third-order valence-electron chi connectivity index (χ3n) is 2.66. The van der Waals surface area contributed by atoms with Crippen molar-refractivity contribution in [3.05, 3.63) is 11.6 Å². The Kier molecular flexibility index (Phi) is 4.10. The number of carbonyl (C=O) groups is 1. The zero-order valence-electron chi connectivity index (χ0n) is 10.3. The van der Waals surface area contributed by atoms with E-state index in [0.29, 0.717) is 6.42 Å². The summed E-state index contributed by atoms with van der Waals surface area (Å²) >= 11 is 0. The Bertz CT molecular complexity index is 293. The molecule has 0 bridgehead atoms. The number of esters is 1. The highest BCUT2D eigenvalue weighted by molar-refractivity contribution is 5.66. The van der Waals surface area contributed by atoms with Gasteiger partial charge in [0.2, 0.25) is 0 Å². The third-order valence-corrected chi connectivity index (χ3v) is 2.66. The SMILES string of the molecule is CC(=O)OC/C=C(\C)C[C@H](O)[C@H]1OC1(C)C. The molecule has 4 nitrogen and oxygen atoms in total. The van der Waals surface area contributed by atoms with Crippen LogP contribution in [0.4, 0.5) is 0 Å². The summed E-state index contributed by atoms with van der Waals surface area (Å²) in [5.74, 6) is -0.295. The molecule has 1 N–H and O–H groups in total. The summed E-state index contributed by atoms with van der Waals surface area (Å²) in [5.41, 5.74) is 0.801. The van der Waals surface area contributed by atoms with Gasteiger partial charge in [0.05, 0.1) is 11.7 Å². The molecule has 0 spiro atoms. The highest BCUT2D eigenvalue weighted by Crippen LogP contribution is 2.39. The zero-order chi connectivity index (χ0) is 12.3. The van der Waals surface area contributed by atoms with Gasteiger partial charge < -0.3 is 14.6 Å². The van der Waals surface area contributed by atoms with Crippen molar-refractivity contribution in [1.29, 1.82) is 0 Å². The van der Waals surface area contributed by atoms with Crippen LogP contribution in [0, 0.1) is 0 Å². The molecule has 0 aromatic carbocycles. The smallest absolute Gasteiger partial charge is 0.302 e. The lowest BCUT2D eigenvalue weighted by molar-refractivity contribution is -0.139. The Hall–Kier alpha value is -0.870. The van der Waals surface area contributed by atoms with Crippen LogP contribution in [0.5, 0.6) is 0 Å². The molecule has 1 fully saturated rings. The number of hydrogen-bond acceptors (Lipinski definition) is 4. The van der Waals surface area contributed by atoms with Gasteiger partial charge in [-0.2, -0.15) is 0 Å². The van der Waals surface area contributed by atoms with Gasteiger partial charge in [-0.05, 0) is 33.3 Å². The van der Waals surface area contributed by atoms with E-state index in [-0.39, 0.29) is 24.3 Å². The largest absolute Gasteiger partial charge is 0.462 e. The van der Waals surface area contributed by atoms with Crippen LogP contribution in [0.1, 0.15) is 34.1 Å². The molecule has 92 valence electrons. The van der Waals surface area contributed by atoms with Crippen molar-refractivity contribution in [2.45, 2.75) is 51.9 Å². The van der Waals surface area contributed by atoms with E-state index in [1.165, 1.54) is 6.92 Å². The molecule has 0 unspecified atom stereocenters. The van der Waals surface area contributed by atoms with E-state index >= 15 is 0 Å². The highest BCUT2D eigenvalue weighted by atomic mass is 16.6. The van der Waals surface area contributed by atoms with Gasteiger partial charge in [-0.1, -0.05) is 5.57 Å².